The van der Waals surface area contributed by atoms with Crippen LogP contribution in [0, 0.1) is 0 Å². The molecular weight excluding hydrogens is 184 g/mol. The third kappa shape index (κ3) is 2.80. The predicted molar refractivity (Wildman–Crippen MR) is 47.3 cm³/mol. The van der Waals surface area contributed by atoms with E-state index in [1.807, 2.05) is 0 Å². The first-order valence-electron chi connectivity index (χ1n) is 3.32. The molecule has 1 amide bonds. The summed E-state index contributed by atoms with van der Waals surface area (Å²) >= 11 is 7.32. The highest BCUT2D eigenvalue weighted by atomic mass is 32.2. The Morgan fingerprint density at radius 1 is 1.64 bits per heavy atom. The van der Waals surface area contributed by atoms with E-state index < -0.39 is 6.09 Å². The van der Waals surface area contributed by atoms with Crippen molar-refractivity contribution in [2.45, 2.75) is 19.1 Å². The van der Waals surface area contributed by atoms with E-state index in [1.165, 1.54) is 0 Å². The Morgan fingerprint density at radius 2 is 2.36 bits per heavy atom. The molecule has 64 valence electrons. The van der Waals surface area contributed by atoms with Crippen molar-refractivity contribution in [2.24, 2.45) is 0 Å². The van der Waals surface area contributed by atoms with Crippen LogP contribution in [0.4, 0.5) is 4.79 Å². The summed E-state index contributed by atoms with van der Waals surface area (Å²) in [5.41, 5.74) is 0. The van der Waals surface area contributed by atoms with Crippen molar-refractivity contribution in [1.29, 1.82) is 0 Å². The van der Waals surface area contributed by atoms with Crippen molar-refractivity contribution in [3.05, 3.63) is 0 Å². The number of rotatable bonds is 1. The van der Waals surface area contributed by atoms with Gasteiger partial charge in [0.25, 0.3) is 0 Å². The van der Waals surface area contributed by atoms with Gasteiger partial charge in [-0.15, -0.1) is 0 Å². The number of nitrogens with zero attached hydrogens (tertiary/aromatic N) is 1. The molecular formula is C5H10N2O2S2. The largest absolute Gasteiger partial charge is 0.431 e. The lowest BCUT2D eigenvalue weighted by Crippen LogP contribution is -2.29. The van der Waals surface area contributed by atoms with Gasteiger partial charge in [-0.2, -0.15) is 3.71 Å². The van der Waals surface area contributed by atoms with Crippen LogP contribution in [-0.4, -0.2) is 22.6 Å². The molecule has 0 spiro atoms. The summed E-state index contributed by atoms with van der Waals surface area (Å²) in [5, 5.41) is 3.00. The predicted octanol–water partition coefficient (Wildman–Crippen LogP) is 0.824. The Balaban J connectivity index is 2.24. The number of hydrogen-bond acceptors (Lipinski definition) is 5. The van der Waals surface area contributed by atoms with E-state index in [-0.39, 0.29) is 6.23 Å². The van der Waals surface area contributed by atoms with Gasteiger partial charge < -0.3 is 4.74 Å². The molecule has 1 aliphatic heterocycles. The zero-order valence-corrected chi connectivity index (χ0v) is 7.65. The van der Waals surface area contributed by atoms with E-state index in [0.717, 1.165) is 23.1 Å². The summed E-state index contributed by atoms with van der Waals surface area (Å²) in [6, 6.07) is 0. The number of carbonyl (C=O) groups excluding carboxylic acids is 1. The summed E-state index contributed by atoms with van der Waals surface area (Å²) in [6.07, 6.45) is 1.19. The van der Waals surface area contributed by atoms with Crippen LogP contribution in [0.25, 0.3) is 0 Å². The normalized spacial score (nSPS) is 23.3. The molecule has 1 saturated heterocycles. The lowest BCUT2D eigenvalue weighted by Gasteiger charge is -2.13. The van der Waals surface area contributed by atoms with Crippen LogP contribution in [-0.2, 0) is 4.74 Å². The molecule has 4 nitrogen and oxygen atoms in total. The van der Waals surface area contributed by atoms with Gasteiger partial charge in [-0.3, -0.25) is 5.32 Å². The molecule has 1 aliphatic rings. The summed E-state index contributed by atoms with van der Waals surface area (Å²) in [7, 11) is 0. The van der Waals surface area contributed by atoms with Crippen LogP contribution in [0.2, 0.25) is 0 Å². The maximum Gasteiger partial charge on any atom is 0.431 e. The molecule has 0 radical (unpaired) electrons. The van der Waals surface area contributed by atoms with E-state index >= 15 is 0 Å². The molecule has 6 heteroatoms. The molecule has 0 saturated carbocycles. The third-order valence-corrected chi connectivity index (χ3v) is 1.75. The number of hydrogen-bond donors (Lipinski definition) is 3. The van der Waals surface area contributed by atoms with Crippen LogP contribution < -0.4 is 5.32 Å². The first-order valence-corrected chi connectivity index (χ1v) is 4.12. The van der Waals surface area contributed by atoms with Gasteiger partial charge in [-0.1, -0.05) is 0 Å². The number of carbonyl (C=O) groups is 1. The van der Waals surface area contributed by atoms with Gasteiger partial charge in [0, 0.05) is 0 Å². The van der Waals surface area contributed by atoms with Gasteiger partial charge in [-0.25, -0.2) is 4.79 Å². The average Bonchev–Trinajstić information content (AvgIpc) is 2.39. The second kappa shape index (κ2) is 4.08. The van der Waals surface area contributed by atoms with Crippen molar-refractivity contribution in [3.63, 3.8) is 0 Å². The van der Waals surface area contributed by atoms with Crippen LogP contribution in [0.3, 0.4) is 0 Å². The first kappa shape index (κ1) is 9.02. The highest BCUT2D eigenvalue weighted by Gasteiger charge is 2.19. The minimum absolute atomic E-state index is 0.163. The van der Waals surface area contributed by atoms with Gasteiger partial charge in [0.05, 0.1) is 0 Å². The smallest absolute Gasteiger partial charge is 0.429 e. The Kier molecular flexibility index (Phi) is 3.35. The summed E-state index contributed by atoms with van der Waals surface area (Å²) in [6.45, 7) is 0.900. The highest BCUT2D eigenvalue weighted by molar-refractivity contribution is 7.94. The van der Waals surface area contributed by atoms with E-state index in [4.69, 9.17) is 4.74 Å². The Hall–Kier alpha value is -0.0700. The Morgan fingerprint density at radius 3 is 2.82 bits per heavy atom. The molecule has 0 aromatic rings. The highest BCUT2D eigenvalue weighted by Crippen LogP contribution is 2.09. The van der Waals surface area contributed by atoms with E-state index in [2.05, 4.69) is 30.9 Å². The van der Waals surface area contributed by atoms with Crippen LogP contribution >= 0.6 is 25.6 Å². The fraction of sp³-hybridized carbons (Fsp3) is 0.800. The molecule has 1 unspecified atom stereocenters. The standard InChI is InChI=1S/C5H10N2O2S2/c8-5(7(10)11)9-4-2-1-3-6-4/h4,6,10-11H,1-3H2. The SMILES string of the molecule is O=C(OC1CCCN1)N(S)S. The van der Waals surface area contributed by atoms with Crippen molar-refractivity contribution in [2.75, 3.05) is 6.54 Å². The van der Waals surface area contributed by atoms with E-state index in [9.17, 15) is 4.79 Å². The van der Waals surface area contributed by atoms with E-state index in [1.54, 1.807) is 0 Å². The van der Waals surface area contributed by atoms with Crippen molar-refractivity contribution in [1.82, 2.24) is 9.03 Å². The average molecular weight is 194 g/mol. The summed E-state index contributed by atoms with van der Waals surface area (Å²) < 4.78 is 5.72. The molecule has 1 heterocycles. The fourth-order valence-electron chi connectivity index (χ4n) is 0.922. The first-order chi connectivity index (χ1) is 5.20. The van der Waals surface area contributed by atoms with Gasteiger partial charge in [-0.05, 0) is 45.0 Å². The molecule has 1 atom stereocenters. The number of thiol groups is 2. The maximum absolute atomic E-state index is 10.8. The fourth-order valence-corrected chi connectivity index (χ4v) is 1.02. The second-order valence-corrected chi connectivity index (χ2v) is 3.37. The van der Waals surface area contributed by atoms with Crippen LogP contribution in [0.15, 0.2) is 0 Å². The van der Waals surface area contributed by atoms with Gasteiger partial charge in [0.15, 0.2) is 6.23 Å². The zero-order valence-electron chi connectivity index (χ0n) is 5.86. The van der Waals surface area contributed by atoms with Crippen molar-refractivity contribution >= 4 is 31.7 Å². The quantitative estimate of drug-likeness (QED) is 0.541. The molecule has 0 bridgehead atoms. The van der Waals surface area contributed by atoms with E-state index in [0.29, 0.717) is 0 Å². The molecule has 0 aromatic heterocycles. The molecule has 0 aromatic carbocycles. The molecule has 1 fully saturated rings. The van der Waals surface area contributed by atoms with Gasteiger partial charge in [0.1, 0.15) is 0 Å². The minimum Gasteiger partial charge on any atom is -0.429 e. The second-order valence-electron chi connectivity index (χ2n) is 2.26. The van der Waals surface area contributed by atoms with Gasteiger partial charge >= 0.3 is 6.09 Å². The molecule has 1 N–H and O–H groups in total. The number of amides is 1. The van der Waals surface area contributed by atoms with Crippen LogP contribution in [0.1, 0.15) is 12.8 Å². The molecule has 1 rings (SSSR count). The zero-order chi connectivity index (χ0) is 8.27. The monoisotopic (exact) mass is 194 g/mol. The molecule has 0 aliphatic carbocycles. The Bertz CT molecular complexity index is 147. The molecule has 11 heavy (non-hydrogen) atoms. The van der Waals surface area contributed by atoms with Gasteiger partial charge in [0.2, 0.25) is 0 Å². The summed E-state index contributed by atoms with van der Waals surface area (Å²) in [4.78, 5) is 10.8. The summed E-state index contributed by atoms with van der Waals surface area (Å²) in [5.74, 6) is 0. The van der Waals surface area contributed by atoms with Crippen molar-refractivity contribution < 1.29 is 9.53 Å². The lowest BCUT2D eigenvalue weighted by molar-refractivity contribution is 0.0865. The number of nitrogens with one attached hydrogen (secondary N) is 1. The van der Waals surface area contributed by atoms with Crippen molar-refractivity contribution in [3.8, 4) is 0 Å². The Labute approximate surface area is 76.4 Å². The number of ether oxygens (including phenoxy) is 1. The topological polar surface area (TPSA) is 41.6 Å². The van der Waals surface area contributed by atoms with Crippen LogP contribution in [0.5, 0.6) is 0 Å². The maximum atomic E-state index is 10.8. The minimum atomic E-state index is -0.545. The lowest BCUT2D eigenvalue weighted by atomic mass is 10.4. The third-order valence-electron chi connectivity index (χ3n) is 1.42.